The molecular weight excluding hydrogens is 344 g/mol. The van der Waals surface area contributed by atoms with Crippen LogP contribution in [0, 0.1) is 0 Å². The summed E-state index contributed by atoms with van der Waals surface area (Å²) in [4.78, 5) is 0. The topological polar surface area (TPSA) is 79.2 Å². The maximum Gasteiger partial charge on any atom is 0.114 e. The first-order valence-corrected chi connectivity index (χ1v) is 11.0. The van der Waals surface area contributed by atoms with E-state index in [0.717, 1.165) is 19.3 Å². The van der Waals surface area contributed by atoms with E-state index < -0.39 is 24.4 Å². The fourth-order valence-electron chi connectivity index (χ4n) is 3.60. The van der Waals surface area contributed by atoms with Crippen LogP contribution in [0.2, 0.25) is 0 Å². The van der Waals surface area contributed by atoms with Crippen LogP contribution < -0.4 is 0 Å². The van der Waals surface area contributed by atoms with Gasteiger partial charge in [-0.1, -0.05) is 70.3 Å². The lowest BCUT2D eigenvalue weighted by atomic mass is 10.0. The second-order valence-corrected chi connectivity index (χ2v) is 7.77. The Morgan fingerprint density at radius 3 is 1.85 bits per heavy atom. The molecule has 0 amide bonds. The maximum atomic E-state index is 9.81. The Bertz CT molecular complexity index is 350. The van der Waals surface area contributed by atoms with Crippen LogP contribution in [-0.4, -0.2) is 59.6 Å². The maximum absolute atomic E-state index is 9.81. The third kappa shape index (κ3) is 11.2. The fourth-order valence-corrected chi connectivity index (χ4v) is 3.60. The standard InChI is InChI=1S/C22H42O5/c1-2-3-4-5-6-7-8-9-10-11-12-13-14-15-16-26-20(17-23)22-21(25)19(24)18-27-22/h2,19-25H,1,3-18H2/t19-,20+,21-,22-/m1/s1. The number of allylic oxidation sites excluding steroid dienone is 1. The molecule has 0 bridgehead atoms. The van der Waals surface area contributed by atoms with Crippen molar-refractivity contribution in [1.82, 2.24) is 0 Å². The smallest absolute Gasteiger partial charge is 0.114 e. The van der Waals surface area contributed by atoms with Crippen LogP contribution in [0.5, 0.6) is 0 Å². The van der Waals surface area contributed by atoms with Crippen molar-refractivity contribution in [1.29, 1.82) is 0 Å². The van der Waals surface area contributed by atoms with Gasteiger partial charge in [0.15, 0.2) is 0 Å². The van der Waals surface area contributed by atoms with Crippen LogP contribution in [-0.2, 0) is 9.47 Å². The Labute approximate surface area is 165 Å². The summed E-state index contributed by atoms with van der Waals surface area (Å²) in [5.74, 6) is 0. The van der Waals surface area contributed by atoms with Gasteiger partial charge in [-0.2, -0.15) is 0 Å². The monoisotopic (exact) mass is 386 g/mol. The van der Waals surface area contributed by atoms with Gasteiger partial charge in [0, 0.05) is 6.61 Å². The van der Waals surface area contributed by atoms with Crippen molar-refractivity contribution >= 4 is 0 Å². The van der Waals surface area contributed by atoms with Gasteiger partial charge in [0.25, 0.3) is 0 Å². The number of unbranched alkanes of at least 4 members (excludes halogenated alkanes) is 12. The van der Waals surface area contributed by atoms with Crippen molar-refractivity contribution in [2.45, 2.75) is 108 Å². The first-order chi connectivity index (χ1) is 13.2. The van der Waals surface area contributed by atoms with Crippen LogP contribution in [0.15, 0.2) is 12.7 Å². The minimum absolute atomic E-state index is 0.0982. The lowest BCUT2D eigenvalue weighted by molar-refractivity contribution is -0.101. The molecule has 1 rings (SSSR count). The molecule has 0 aromatic heterocycles. The van der Waals surface area contributed by atoms with Gasteiger partial charge in [0.2, 0.25) is 0 Å². The first-order valence-electron chi connectivity index (χ1n) is 11.0. The van der Waals surface area contributed by atoms with Crippen molar-refractivity contribution in [3.63, 3.8) is 0 Å². The molecule has 1 saturated heterocycles. The molecule has 1 aliphatic heterocycles. The van der Waals surface area contributed by atoms with Crippen LogP contribution in [0.4, 0.5) is 0 Å². The molecule has 160 valence electrons. The minimum atomic E-state index is -0.978. The summed E-state index contributed by atoms with van der Waals surface area (Å²) in [6, 6.07) is 0. The van der Waals surface area contributed by atoms with Gasteiger partial charge in [0.1, 0.15) is 24.4 Å². The van der Waals surface area contributed by atoms with E-state index in [0.29, 0.717) is 6.61 Å². The summed E-state index contributed by atoms with van der Waals surface area (Å²) >= 11 is 0. The molecule has 1 aliphatic rings. The van der Waals surface area contributed by atoms with E-state index in [-0.39, 0.29) is 13.2 Å². The zero-order chi connectivity index (χ0) is 19.7. The van der Waals surface area contributed by atoms with E-state index >= 15 is 0 Å². The Morgan fingerprint density at radius 2 is 1.41 bits per heavy atom. The molecule has 27 heavy (non-hydrogen) atoms. The molecule has 1 heterocycles. The molecule has 4 atom stereocenters. The summed E-state index contributed by atoms with van der Waals surface area (Å²) in [7, 11) is 0. The molecule has 0 aromatic carbocycles. The van der Waals surface area contributed by atoms with E-state index in [1.807, 2.05) is 6.08 Å². The highest BCUT2D eigenvalue weighted by atomic mass is 16.6. The van der Waals surface area contributed by atoms with Gasteiger partial charge in [-0.05, 0) is 19.3 Å². The van der Waals surface area contributed by atoms with E-state index in [2.05, 4.69) is 6.58 Å². The zero-order valence-electron chi connectivity index (χ0n) is 17.1. The molecule has 0 aromatic rings. The highest BCUT2D eigenvalue weighted by molar-refractivity contribution is 4.88. The Hall–Kier alpha value is -0.460. The zero-order valence-corrected chi connectivity index (χ0v) is 17.1. The largest absolute Gasteiger partial charge is 0.394 e. The van der Waals surface area contributed by atoms with Gasteiger partial charge in [0.05, 0.1) is 13.2 Å². The number of ether oxygens (including phenoxy) is 2. The molecule has 0 spiro atoms. The second-order valence-electron chi connectivity index (χ2n) is 7.77. The average Bonchev–Trinajstić information content (AvgIpc) is 3.00. The average molecular weight is 387 g/mol. The molecule has 0 unspecified atom stereocenters. The fraction of sp³-hybridized carbons (Fsp3) is 0.909. The van der Waals surface area contributed by atoms with Gasteiger partial charge in [-0.25, -0.2) is 0 Å². The normalized spacial score (nSPS) is 23.6. The first kappa shape index (κ1) is 24.6. The van der Waals surface area contributed by atoms with Gasteiger partial charge >= 0.3 is 0 Å². The molecule has 3 N–H and O–H groups in total. The molecule has 5 nitrogen and oxygen atoms in total. The highest BCUT2D eigenvalue weighted by Gasteiger charge is 2.40. The summed E-state index contributed by atoms with van der Waals surface area (Å²) in [5.41, 5.74) is 0. The van der Waals surface area contributed by atoms with Crippen molar-refractivity contribution in [3.05, 3.63) is 12.7 Å². The Balaban J connectivity index is 1.85. The molecule has 5 heteroatoms. The Morgan fingerprint density at radius 1 is 0.889 bits per heavy atom. The molecule has 1 fully saturated rings. The van der Waals surface area contributed by atoms with E-state index in [9.17, 15) is 15.3 Å². The number of hydrogen-bond acceptors (Lipinski definition) is 5. The summed E-state index contributed by atoms with van der Waals surface area (Å²) < 4.78 is 11.0. The van der Waals surface area contributed by atoms with Crippen molar-refractivity contribution in [3.8, 4) is 0 Å². The van der Waals surface area contributed by atoms with Gasteiger partial charge in [-0.15, -0.1) is 6.58 Å². The van der Waals surface area contributed by atoms with Gasteiger partial charge in [-0.3, -0.25) is 0 Å². The third-order valence-corrected chi connectivity index (χ3v) is 5.37. The lowest BCUT2D eigenvalue weighted by Gasteiger charge is -2.24. The quantitative estimate of drug-likeness (QED) is 0.247. The Kier molecular flexibility index (Phi) is 15.0. The minimum Gasteiger partial charge on any atom is -0.394 e. The highest BCUT2D eigenvalue weighted by Crippen LogP contribution is 2.20. The van der Waals surface area contributed by atoms with Crippen molar-refractivity contribution in [2.24, 2.45) is 0 Å². The van der Waals surface area contributed by atoms with Crippen LogP contribution >= 0.6 is 0 Å². The third-order valence-electron chi connectivity index (χ3n) is 5.37. The van der Waals surface area contributed by atoms with Crippen LogP contribution in [0.1, 0.15) is 83.5 Å². The molecular formula is C22H42O5. The van der Waals surface area contributed by atoms with Crippen molar-refractivity contribution < 1.29 is 24.8 Å². The number of aliphatic hydroxyl groups excluding tert-OH is 3. The number of rotatable bonds is 18. The summed E-state index contributed by atoms with van der Waals surface area (Å²) in [6.07, 6.45) is 15.4. The summed E-state index contributed by atoms with van der Waals surface area (Å²) in [6.45, 7) is 4.20. The van der Waals surface area contributed by atoms with Crippen LogP contribution in [0.25, 0.3) is 0 Å². The van der Waals surface area contributed by atoms with E-state index in [4.69, 9.17) is 9.47 Å². The number of hydrogen-bond donors (Lipinski definition) is 3. The molecule has 0 saturated carbocycles. The van der Waals surface area contributed by atoms with E-state index in [1.165, 1.54) is 64.2 Å². The lowest BCUT2D eigenvalue weighted by Crippen LogP contribution is -2.42. The molecule has 0 aliphatic carbocycles. The second kappa shape index (κ2) is 16.5. The SMILES string of the molecule is C=CCCCCCCCCCCCCCCO[C@@H](CO)[C@H]1OC[C@@H](O)[C@H]1O. The van der Waals surface area contributed by atoms with E-state index in [1.54, 1.807) is 0 Å². The van der Waals surface area contributed by atoms with Crippen molar-refractivity contribution in [2.75, 3.05) is 19.8 Å². The predicted octanol–water partition coefficient (Wildman–Crippen LogP) is 3.74. The van der Waals surface area contributed by atoms with Gasteiger partial charge < -0.3 is 24.8 Å². The molecule has 0 radical (unpaired) electrons. The number of aliphatic hydroxyl groups is 3. The summed E-state index contributed by atoms with van der Waals surface area (Å²) in [5, 5.41) is 28.7. The predicted molar refractivity (Wildman–Crippen MR) is 109 cm³/mol. The van der Waals surface area contributed by atoms with Crippen LogP contribution in [0.3, 0.4) is 0 Å².